The number of nitrogens with zero attached hydrogens (tertiary/aromatic N) is 3. The summed E-state index contributed by atoms with van der Waals surface area (Å²) in [6.07, 6.45) is 16.2. The van der Waals surface area contributed by atoms with Crippen molar-refractivity contribution in [2.24, 2.45) is 9.98 Å². The second kappa shape index (κ2) is 32.5. The van der Waals surface area contributed by atoms with Crippen LogP contribution in [0.5, 0.6) is 0 Å². The van der Waals surface area contributed by atoms with Gasteiger partial charge in [-0.15, -0.1) is 12.2 Å². The summed E-state index contributed by atoms with van der Waals surface area (Å²) in [5.41, 5.74) is 12.7. The average Bonchev–Trinajstić information content (AvgIpc) is 3.09. The maximum absolute atomic E-state index is 5.21. The van der Waals surface area contributed by atoms with Crippen molar-refractivity contribution in [2.75, 3.05) is 13.1 Å². The molecule has 4 nitrogen and oxygen atoms in total. The molecule has 2 aliphatic rings. The zero-order chi connectivity index (χ0) is 39.6. The number of aliphatic imine (C=N–C) groups is 2. The maximum atomic E-state index is 5.21. The number of nitrogens with one attached hydrogen (secondary N) is 1. The van der Waals surface area contributed by atoms with Gasteiger partial charge in [-0.3, -0.25) is 9.98 Å². The molecule has 0 heterocycles. The Bertz CT molecular complexity index is 1360. The van der Waals surface area contributed by atoms with Crippen LogP contribution in [0.25, 0.3) is 5.32 Å². The van der Waals surface area contributed by atoms with Gasteiger partial charge in [-0.1, -0.05) is 137 Å². The standard InChI is InChI=1S/C22H34N2.C22H33N2.3CH3.4ClH.2Hf/c2*1-6-7-15-23-20-13-8-9-14-21(20)24-22-18(16(2)3)11-10-12-19(22)17(4)5;;;;;;;;;/h10-13,16-17,23H,6-9,14-15H2,1-5H3;10-13,16-17H,6-9,14-15H2,1-5H3;3*1H3;4*1H;;/q;4*-1;;;;;;+4/p-4. The van der Waals surface area contributed by atoms with Gasteiger partial charge >= 0.3 is 49.5 Å². The first-order valence-electron chi connectivity index (χ1n) is 20.1. The summed E-state index contributed by atoms with van der Waals surface area (Å²) in [6, 6.07) is 13.3. The number of benzene rings is 2. The Labute approximate surface area is 389 Å². The van der Waals surface area contributed by atoms with Gasteiger partial charge in [0.2, 0.25) is 0 Å². The quantitative estimate of drug-likeness (QED) is 0.114. The summed E-state index contributed by atoms with van der Waals surface area (Å²) in [5, 5.41) is 8.45. The molecule has 2 aromatic rings. The van der Waals surface area contributed by atoms with Crippen LogP contribution in [0, 0.1) is 22.3 Å². The van der Waals surface area contributed by atoms with Crippen LogP contribution < -0.4 is 5.32 Å². The van der Waals surface area contributed by atoms with Gasteiger partial charge in [-0.05, 0) is 90.9 Å². The Kier molecular flexibility index (Phi) is 34.8. The fourth-order valence-electron chi connectivity index (χ4n) is 6.39. The molecule has 324 valence electrons. The fraction of sp³-hybridized carbons (Fsp3) is 0.553. The van der Waals surface area contributed by atoms with E-state index in [1.165, 1.54) is 82.9 Å². The minimum absolute atomic E-state index is 0. The molecule has 0 amide bonds. The Balaban J connectivity index is -0.000000860. The maximum Gasteiger partial charge on any atom is 0 e. The van der Waals surface area contributed by atoms with Crippen LogP contribution in [0.4, 0.5) is 11.4 Å². The van der Waals surface area contributed by atoms with E-state index in [2.05, 4.69) is 123 Å². The minimum atomic E-state index is -3.39. The SMILES string of the molecule is CCCCNC1=CCCCC1=Nc1c(C(C)C)cccc1C(C)C.CCCC[N-]C1=CCCCC1=Nc1c(C(C)C)cccc1C(C)C.[CH3-].[CH3-].[CH3-].[Cl][Hf]([Cl])([Cl])[Cl].[Hf]. The largest absolute Gasteiger partial charge is 0 e. The van der Waals surface area contributed by atoms with Gasteiger partial charge in [0, 0.05) is 38.1 Å². The third-order valence-electron chi connectivity index (χ3n) is 9.35. The number of hydrogen-bond donors (Lipinski definition) is 1. The summed E-state index contributed by atoms with van der Waals surface area (Å²) in [4.78, 5) is 10.4. The molecule has 0 unspecified atom stereocenters. The second-order valence-electron chi connectivity index (χ2n) is 15.2. The molecule has 0 radical (unpaired) electrons. The first-order valence-corrected chi connectivity index (χ1v) is 37.9. The number of rotatable bonds is 14. The van der Waals surface area contributed by atoms with Crippen molar-refractivity contribution in [3.8, 4) is 0 Å². The monoisotopic (exact) mass is 1200 g/mol. The Morgan fingerprint density at radius 2 is 1.02 bits per heavy atom. The minimum Gasteiger partial charge on any atom is 0 e. The number of para-hydroxylation sites is 2. The molecular weight excluding hydrogens is 1120 g/mol. The molecule has 2 aliphatic carbocycles. The molecule has 2 aromatic carbocycles. The summed E-state index contributed by atoms with van der Waals surface area (Å²) < 4.78 is 0. The van der Waals surface area contributed by atoms with E-state index in [0.29, 0.717) is 23.7 Å². The molecule has 57 heavy (non-hydrogen) atoms. The van der Waals surface area contributed by atoms with Crippen molar-refractivity contribution >= 4 is 57.1 Å². The van der Waals surface area contributed by atoms with Crippen LogP contribution >= 0.6 is 34.3 Å². The van der Waals surface area contributed by atoms with Crippen molar-refractivity contribution in [3.05, 3.63) is 110 Å². The van der Waals surface area contributed by atoms with Crippen LogP contribution in [0.3, 0.4) is 0 Å². The molecule has 1 N–H and O–H groups in total. The van der Waals surface area contributed by atoms with Crippen LogP contribution in [0.15, 0.2) is 69.9 Å². The van der Waals surface area contributed by atoms with Gasteiger partial charge in [-0.2, -0.15) is 0 Å². The first kappa shape index (κ1) is 61.1. The zero-order valence-corrected chi connectivity index (χ0v) is 48.0. The third-order valence-corrected chi connectivity index (χ3v) is 9.35. The van der Waals surface area contributed by atoms with Gasteiger partial charge in [0.25, 0.3) is 0 Å². The predicted octanol–water partition coefficient (Wildman–Crippen LogP) is 17.8. The first-order chi connectivity index (χ1) is 25.1. The van der Waals surface area contributed by atoms with Crippen molar-refractivity contribution in [3.63, 3.8) is 0 Å². The smallest absolute Gasteiger partial charge is 0 e. The second-order valence-corrected chi connectivity index (χ2v) is 46.4. The van der Waals surface area contributed by atoms with E-state index in [9.17, 15) is 0 Å². The van der Waals surface area contributed by atoms with E-state index >= 15 is 0 Å². The van der Waals surface area contributed by atoms with Gasteiger partial charge in [0.05, 0.1) is 22.8 Å². The zero-order valence-electron chi connectivity index (χ0n) is 37.8. The van der Waals surface area contributed by atoms with Gasteiger partial charge in [0.1, 0.15) is 0 Å². The Morgan fingerprint density at radius 1 is 0.632 bits per heavy atom. The topological polar surface area (TPSA) is 50.9 Å². The molecule has 0 fully saturated rings. The molecule has 10 heteroatoms. The Morgan fingerprint density at radius 3 is 1.42 bits per heavy atom. The fourth-order valence-corrected chi connectivity index (χ4v) is 6.39. The molecule has 0 saturated carbocycles. The van der Waals surface area contributed by atoms with Crippen molar-refractivity contribution < 1.29 is 41.1 Å². The van der Waals surface area contributed by atoms with Crippen molar-refractivity contribution in [1.82, 2.24) is 5.32 Å². The number of unbranched alkanes of at least 4 members (excludes halogenated alkanes) is 2. The van der Waals surface area contributed by atoms with Gasteiger partial charge in [0.15, 0.2) is 0 Å². The molecular formula is C47H76Cl4Hf2N4-4. The van der Waals surface area contributed by atoms with Crippen LogP contribution in [0.2, 0.25) is 0 Å². The van der Waals surface area contributed by atoms with Crippen molar-refractivity contribution in [1.29, 1.82) is 0 Å². The van der Waals surface area contributed by atoms with Gasteiger partial charge < -0.3 is 32.9 Å². The van der Waals surface area contributed by atoms with E-state index in [-0.39, 0.29) is 48.1 Å². The summed E-state index contributed by atoms with van der Waals surface area (Å²) in [7, 11) is 20.2. The molecule has 4 rings (SSSR count). The summed E-state index contributed by atoms with van der Waals surface area (Å²) >= 11 is -3.39. The number of halogens is 4. The molecule has 0 bridgehead atoms. The molecule has 0 saturated heterocycles. The summed E-state index contributed by atoms with van der Waals surface area (Å²) in [5.74, 6) is 1.95. The predicted molar refractivity (Wildman–Crippen MR) is 256 cm³/mol. The Hall–Kier alpha value is -0.240. The third kappa shape index (κ3) is 23.0. The molecule has 0 aliphatic heterocycles. The van der Waals surface area contributed by atoms with Crippen LogP contribution in [-0.2, 0) is 41.1 Å². The van der Waals surface area contributed by atoms with Crippen LogP contribution in [0.1, 0.15) is 179 Å². The van der Waals surface area contributed by atoms with Crippen molar-refractivity contribution in [2.45, 2.75) is 157 Å². The number of allylic oxidation sites excluding steroid dienone is 4. The van der Waals surface area contributed by atoms with Crippen LogP contribution in [-0.4, -0.2) is 24.5 Å². The van der Waals surface area contributed by atoms with E-state index in [0.717, 1.165) is 50.9 Å². The van der Waals surface area contributed by atoms with E-state index in [1.54, 1.807) is 0 Å². The molecule has 0 spiro atoms. The molecule has 0 atom stereocenters. The van der Waals surface area contributed by atoms with E-state index in [4.69, 9.17) is 49.6 Å². The van der Waals surface area contributed by atoms with Gasteiger partial charge in [-0.25, -0.2) is 0 Å². The normalized spacial score (nSPS) is 15.2. The number of hydrogen-bond acceptors (Lipinski definition) is 3. The molecule has 0 aromatic heterocycles. The summed E-state index contributed by atoms with van der Waals surface area (Å²) in [6.45, 7) is 24.5. The van der Waals surface area contributed by atoms with E-state index in [1.807, 2.05) is 0 Å². The van der Waals surface area contributed by atoms with E-state index < -0.39 is 15.2 Å². The average molecular weight is 1200 g/mol.